The van der Waals surface area contributed by atoms with Gasteiger partial charge in [0.2, 0.25) is 0 Å². The zero-order chi connectivity index (χ0) is 15.0. The van der Waals surface area contributed by atoms with Crippen molar-refractivity contribution in [1.29, 1.82) is 0 Å². The fraction of sp³-hybridized carbons (Fsp3) is 0.375. The van der Waals surface area contributed by atoms with Crippen molar-refractivity contribution in [3.05, 3.63) is 42.2 Å². The lowest BCUT2D eigenvalue weighted by atomic mass is 10.0. The van der Waals surface area contributed by atoms with E-state index in [1.165, 1.54) is 0 Å². The summed E-state index contributed by atoms with van der Waals surface area (Å²) in [7, 11) is 0. The number of rotatable bonds is 2. The summed E-state index contributed by atoms with van der Waals surface area (Å²) in [5.41, 5.74) is 7.80. The van der Waals surface area contributed by atoms with Crippen molar-refractivity contribution in [3.63, 3.8) is 0 Å². The Hall–Kier alpha value is -2.30. The lowest BCUT2D eigenvalue weighted by molar-refractivity contribution is 0.0778. The Morgan fingerprint density at radius 2 is 1.95 bits per heavy atom. The van der Waals surface area contributed by atoms with E-state index < -0.39 is 0 Å². The molecule has 2 aromatic rings. The van der Waals surface area contributed by atoms with Gasteiger partial charge < -0.3 is 10.6 Å². The lowest BCUT2D eigenvalue weighted by Crippen LogP contribution is -2.29. The van der Waals surface area contributed by atoms with Gasteiger partial charge in [0.25, 0.3) is 5.91 Å². The number of carbonyl (C=O) groups excluding carboxylic acids is 1. The summed E-state index contributed by atoms with van der Waals surface area (Å²) in [6, 6.07) is 9.21. The maximum atomic E-state index is 12.5. The number of aromatic nitrogens is 2. The number of nitrogens with two attached hydrogens (primary N) is 1. The molecule has 1 aromatic heterocycles. The summed E-state index contributed by atoms with van der Waals surface area (Å²) in [4.78, 5) is 14.4. The molecule has 2 atom stereocenters. The van der Waals surface area contributed by atoms with Crippen LogP contribution in [0.4, 0.5) is 5.69 Å². The normalized spacial score (nSPS) is 21.7. The first kappa shape index (κ1) is 13.7. The Bertz CT molecular complexity index is 654. The van der Waals surface area contributed by atoms with E-state index in [1.54, 1.807) is 16.9 Å². The van der Waals surface area contributed by atoms with Gasteiger partial charge in [-0.25, -0.2) is 4.68 Å². The summed E-state index contributed by atoms with van der Waals surface area (Å²) in [5.74, 6) is 1.10. The highest BCUT2D eigenvalue weighted by Crippen LogP contribution is 2.23. The van der Waals surface area contributed by atoms with E-state index in [1.807, 2.05) is 29.2 Å². The van der Waals surface area contributed by atoms with Crippen molar-refractivity contribution in [2.45, 2.75) is 13.8 Å². The van der Waals surface area contributed by atoms with Crippen LogP contribution in [0.1, 0.15) is 24.3 Å². The van der Waals surface area contributed by atoms with Crippen LogP contribution in [0.3, 0.4) is 0 Å². The molecule has 0 spiro atoms. The average molecular weight is 284 g/mol. The molecule has 1 saturated heterocycles. The Kier molecular flexibility index (Phi) is 3.41. The van der Waals surface area contributed by atoms with Crippen molar-refractivity contribution in [2.75, 3.05) is 18.8 Å². The fourth-order valence-electron chi connectivity index (χ4n) is 2.71. The van der Waals surface area contributed by atoms with Gasteiger partial charge in [-0.1, -0.05) is 19.9 Å². The topological polar surface area (TPSA) is 64.2 Å². The van der Waals surface area contributed by atoms with Gasteiger partial charge >= 0.3 is 0 Å². The van der Waals surface area contributed by atoms with Crippen LogP contribution in [0.15, 0.2) is 36.5 Å². The Balaban J connectivity index is 1.80. The highest BCUT2D eigenvalue weighted by molar-refractivity contribution is 5.92. The number of hydrogen-bond donors (Lipinski definition) is 1. The summed E-state index contributed by atoms with van der Waals surface area (Å²) >= 11 is 0. The van der Waals surface area contributed by atoms with E-state index in [9.17, 15) is 4.79 Å². The van der Waals surface area contributed by atoms with Crippen LogP contribution in [0.5, 0.6) is 0 Å². The SMILES string of the molecule is CC1CN(C(=O)c2ccn(-c3cccc(N)c3)n2)CC1C. The number of hydrogen-bond acceptors (Lipinski definition) is 3. The zero-order valence-corrected chi connectivity index (χ0v) is 12.4. The second-order valence-corrected chi connectivity index (χ2v) is 5.91. The maximum absolute atomic E-state index is 12.5. The molecule has 5 nitrogen and oxygen atoms in total. The molecule has 1 aliphatic rings. The molecule has 2 heterocycles. The van der Waals surface area contributed by atoms with Crippen LogP contribution in [0, 0.1) is 11.8 Å². The second kappa shape index (κ2) is 5.24. The van der Waals surface area contributed by atoms with Crippen LogP contribution in [0.2, 0.25) is 0 Å². The number of nitrogens with zero attached hydrogens (tertiary/aromatic N) is 3. The van der Waals surface area contributed by atoms with E-state index in [0.717, 1.165) is 18.8 Å². The quantitative estimate of drug-likeness (QED) is 0.860. The van der Waals surface area contributed by atoms with Crippen LogP contribution in [0.25, 0.3) is 5.69 Å². The second-order valence-electron chi connectivity index (χ2n) is 5.91. The van der Waals surface area contributed by atoms with Crippen molar-refractivity contribution in [3.8, 4) is 5.69 Å². The number of benzene rings is 1. The van der Waals surface area contributed by atoms with Gasteiger partial charge in [-0.15, -0.1) is 0 Å². The molecule has 1 aromatic carbocycles. The third-order valence-corrected chi connectivity index (χ3v) is 4.22. The molecule has 0 bridgehead atoms. The lowest BCUT2D eigenvalue weighted by Gasteiger charge is -2.14. The van der Waals surface area contributed by atoms with Crippen molar-refractivity contribution in [2.24, 2.45) is 11.8 Å². The number of likely N-dealkylation sites (tertiary alicyclic amines) is 1. The minimum atomic E-state index is 0.00820. The molecular weight excluding hydrogens is 264 g/mol. The molecule has 3 rings (SSSR count). The van der Waals surface area contributed by atoms with E-state index in [2.05, 4.69) is 18.9 Å². The van der Waals surface area contributed by atoms with Gasteiger partial charge in [0.1, 0.15) is 0 Å². The zero-order valence-electron chi connectivity index (χ0n) is 12.4. The minimum absolute atomic E-state index is 0.00820. The fourth-order valence-corrected chi connectivity index (χ4v) is 2.71. The van der Waals surface area contributed by atoms with Gasteiger partial charge in [-0.05, 0) is 36.1 Å². The van der Waals surface area contributed by atoms with E-state index >= 15 is 0 Å². The largest absolute Gasteiger partial charge is 0.399 e. The van der Waals surface area contributed by atoms with Crippen LogP contribution >= 0.6 is 0 Å². The standard InChI is InChI=1S/C16H20N4O/c1-11-9-19(10-12(11)2)16(21)15-6-7-20(18-15)14-5-3-4-13(17)8-14/h3-8,11-12H,9-10,17H2,1-2H3. The van der Waals surface area contributed by atoms with Gasteiger partial charge in [0.15, 0.2) is 5.69 Å². The molecule has 5 heteroatoms. The predicted molar refractivity (Wildman–Crippen MR) is 82.2 cm³/mol. The molecule has 0 radical (unpaired) electrons. The summed E-state index contributed by atoms with van der Waals surface area (Å²) in [6.45, 7) is 5.99. The molecular formula is C16H20N4O. The van der Waals surface area contributed by atoms with Crippen LogP contribution < -0.4 is 5.73 Å². The summed E-state index contributed by atoms with van der Waals surface area (Å²) < 4.78 is 1.69. The molecule has 1 aliphatic heterocycles. The van der Waals surface area contributed by atoms with E-state index in [0.29, 0.717) is 23.2 Å². The number of amides is 1. The number of carbonyl (C=O) groups is 1. The first-order chi connectivity index (χ1) is 10.0. The molecule has 2 N–H and O–H groups in total. The number of anilines is 1. The Morgan fingerprint density at radius 3 is 2.62 bits per heavy atom. The van der Waals surface area contributed by atoms with Crippen LogP contribution in [-0.4, -0.2) is 33.7 Å². The first-order valence-corrected chi connectivity index (χ1v) is 7.25. The number of nitrogen functional groups attached to an aromatic ring is 1. The molecule has 21 heavy (non-hydrogen) atoms. The van der Waals surface area contributed by atoms with E-state index in [4.69, 9.17) is 5.73 Å². The smallest absolute Gasteiger partial charge is 0.274 e. The molecule has 0 aliphatic carbocycles. The average Bonchev–Trinajstić information content (AvgIpc) is 3.06. The highest BCUT2D eigenvalue weighted by Gasteiger charge is 2.30. The monoisotopic (exact) mass is 284 g/mol. The highest BCUT2D eigenvalue weighted by atomic mass is 16.2. The maximum Gasteiger partial charge on any atom is 0.274 e. The summed E-state index contributed by atoms with van der Waals surface area (Å²) in [6.07, 6.45) is 1.80. The van der Waals surface area contributed by atoms with E-state index in [-0.39, 0.29) is 5.91 Å². The van der Waals surface area contributed by atoms with Crippen molar-refractivity contribution in [1.82, 2.24) is 14.7 Å². The minimum Gasteiger partial charge on any atom is -0.399 e. The molecule has 0 saturated carbocycles. The van der Waals surface area contributed by atoms with Crippen molar-refractivity contribution < 1.29 is 4.79 Å². The Morgan fingerprint density at radius 1 is 1.24 bits per heavy atom. The van der Waals surface area contributed by atoms with Crippen molar-refractivity contribution >= 4 is 11.6 Å². The third-order valence-electron chi connectivity index (χ3n) is 4.22. The molecule has 2 unspecified atom stereocenters. The third kappa shape index (κ3) is 2.63. The van der Waals surface area contributed by atoms with Gasteiger partial charge in [-0.3, -0.25) is 4.79 Å². The van der Waals surface area contributed by atoms with Crippen LogP contribution in [-0.2, 0) is 0 Å². The van der Waals surface area contributed by atoms with Gasteiger partial charge in [0.05, 0.1) is 5.69 Å². The van der Waals surface area contributed by atoms with Gasteiger partial charge in [-0.2, -0.15) is 5.10 Å². The molecule has 110 valence electrons. The molecule has 1 amide bonds. The Labute approximate surface area is 124 Å². The summed E-state index contributed by atoms with van der Waals surface area (Å²) in [5, 5.41) is 4.39. The first-order valence-electron chi connectivity index (χ1n) is 7.25. The predicted octanol–water partition coefficient (Wildman–Crippen LogP) is 2.18. The van der Waals surface area contributed by atoms with Gasteiger partial charge in [0, 0.05) is 25.0 Å². The molecule has 1 fully saturated rings.